The first-order valence-corrected chi connectivity index (χ1v) is 12.6. The van der Waals surface area contributed by atoms with E-state index in [0.29, 0.717) is 36.5 Å². The van der Waals surface area contributed by atoms with Gasteiger partial charge < -0.3 is 10.2 Å². The highest BCUT2D eigenvalue weighted by Crippen LogP contribution is 2.36. The van der Waals surface area contributed by atoms with Crippen LogP contribution in [-0.4, -0.2) is 40.7 Å². The Kier molecular flexibility index (Phi) is 6.06. The lowest BCUT2D eigenvalue weighted by Gasteiger charge is -2.35. The lowest BCUT2D eigenvalue weighted by atomic mass is 9.80. The van der Waals surface area contributed by atoms with E-state index in [0.717, 1.165) is 17.9 Å². The molecule has 2 aliphatic heterocycles. The Morgan fingerprint density at radius 3 is 2.66 bits per heavy atom. The molecule has 3 fully saturated rings. The summed E-state index contributed by atoms with van der Waals surface area (Å²) in [4.78, 5) is 38.4. The molecule has 2 heterocycles. The van der Waals surface area contributed by atoms with Crippen LogP contribution < -0.4 is 10.6 Å². The van der Waals surface area contributed by atoms with E-state index in [1.54, 1.807) is 4.90 Å². The number of hydrogen-bond acceptors (Lipinski definition) is 4. The summed E-state index contributed by atoms with van der Waals surface area (Å²) in [7, 11) is 0. The van der Waals surface area contributed by atoms with Crippen LogP contribution in [0.4, 0.5) is 0 Å². The van der Waals surface area contributed by atoms with Crippen LogP contribution in [0.5, 0.6) is 0 Å². The quantitative estimate of drug-likeness (QED) is 0.642. The van der Waals surface area contributed by atoms with Crippen molar-refractivity contribution in [2.24, 2.45) is 11.8 Å². The minimum absolute atomic E-state index is 0.0894. The van der Waals surface area contributed by atoms with Crippen molar-refractivity contribution in [3.05, 3.63) is 34.9 Å². The van der Waals surface area contributed by atoms with Crippen LogP contribution >= 0.6 is 0 Å². The predicted molar refractivity (Wildman–Crippen MR) is 122 cm³/mol. The highest BCUT2D eigenvalue weighted by molar-refractivity contribution is 6.05. The molecule has 5 rings (SSSR count). The molecule has 2 aliphatic carbocycles. The van der Waals surface area contributed by atoms with E-state index >= 15 is 0 Å². The van der Waals surface area contributed by atoms with Crippen LogP contribution in [0, 0.1) is 11.8 Å². The second-order valence-electron chi connectivity index (χ2n) is 10.3. The third-order valence-corrected chi connectivity index (χ3v) is 8.05. The molecule has 3 amide bonds. The van der Waals surface area contributed by atoms with Crippen molar-refractivity contribution in [2.45, 2.75) is 95.8 Å². The number of nitrogens with zero attached hydrogens (tertiary/aromatic N) is 1. The van der Waals surface area contributed by atoms with Gasteiger partial charge in [-0.25, -0.2) is 0 Å². The molecule has 0 bridgehead atoms. The summed E-state index contributed by atoms with van der Waals surface area (Å²) >= 11 is 0. The van der Waals surface area contributed by atoms with Gasteiger partial charge in [0.15, 0.2) is 0 Å². The molecule has 1 aromatic rings. The number of imide groups is 1. The summed E-state index contributed by atoms with van der Waals surface area (Å²) in [6, 6.07) is 6.95. The minimum Gasteiger partial charge on any atom is -0.322 e. The molecule has 0 spiro atoms. The Hall–Kier alpha value is -2.21. The zero-order chi connectivity index (χ0) is 22.2. The van der Waals surface area contributed by atoms with E-state index in [1.807, 2.05) is 6.07 Å². The van der Waals surface area contributed by atoms with Crippen LogP contribution in [0.15, 0.2) is 18.2 Å². The van der Waals surface area contributed by atoms with E-state index in [2.05, 4.69) is 29.7 Å². The summed E-state index contributed by atoms with van der Waals surface area (Å²) in [5.41, 5.74) is 3.01. The van der Waals surface area contributed by atoms with Gasteiger partial charge in [0.1, 0.15) is 6.04 Å². The first-order chi connectivity index (χ1) is 15.5. The second-order valence-corrected chi connectivity index (χ2v) is 10.3. The lowest BCUT2D eigenvalue weighted by Crippen LogP contribution is -2.52. The Labute approximate surface area is 190 Å². The van der Waals surface area contributed by atoms with E-state index in [-0.39, 0.29) is 24.1 Å². The maximum atomic E-state index is 13.0. The summed E-state index contributed by atoms with van der Waals surface area (Å²) in [6.45, 7) is 2.76. The zero-order valence-electron chi connectivity index (χ0n) is 19.1. The van der Waals surface area contributed by atoms with Crippen molar-refractivity contribution in [1.82, 2.24) is 15.5 Å². The van der Waals surface area contributed by atoms with E-state index in [9.17, 15) is 14.4 Å². The number of carbonyl (C=O) groups excluding carboxylic acids is 3. The lowest BCUT2D eigenvalue weighted by molar-refractivity contribution is -0.136. The maximum absolute atomic E-state index is 13.0. The van der Waals surface area contributed by atoms with Crippen molar-refractivity contribution in [3.8, 4) is 0 Å². The summed E-state index contributed by atoms with van der Waals surface area (Å²) in [5.74, 6) is 0.832. The van der Waals surface area contributed by atoms with Gasteiger partial charge in [-0.15, -0.1) is 0 Å². The molecule has 2 saturated carbocycles. The number of carbonyl (C=O) groups is 3. The van der Waals surface area contributed by atoms with E-state index < -0.39 is 6.04 Å². The third-order valence-electron chi connectivity index (χ3n) is 8.05. The monoisotopic (exact) mass is 437 g/mol. The number of nitrogens with one attached hydrogen (secondary N) is 2. The van der Waals surface area contributed by atoms with Crippen LogP contribution in [0.25, 0.3) is 0 Å². The van der Waals surface area contributed by atoms with Crippen molar-refractivity contribution in [3.63, 3.8) is 0 Å². The van der Waals surface area contributed by atoms with Gasteiger partial charge in [-0.2, -0.15) is 0 Å². The van der Waals surface area contributed by atoms with Gasteiger partial charge in [-0.1, -0.05) is 31.9 Å². The predicted octanol–water partition coefficient (Wildman–Crippen LogP) is 3.33. The summed E-state index contributed by atoms with van der Waals surface area (Å²) in [6.07, 6.45) is 10.9. The molecule has 2 N–H and O–H groups in total. The van der Waals surface area contributed by atoms with Gasteiger partial charge in [0.05, 0.1) is 0 Å². The number of hydrogen-bond donors (Lipinski definition) is 2. The molecule has 172 valence electrons. The van der Waals surface area contributed by atoms with Gasteiger partial charge in [0.25, 0.3) is 5.91 Å². The number of piperidine rings is 1. The molecule has 1 unspecified atom stereocenters. The van der Waals surface area contributed by atoms with Gasteiger partial charge >= 0.3 is 0 Å². The number of benzene rings is 1. The molecule has 1 aromatic carbocycles. The zero-order valence-corrected chi connectivity index (χ0v) is 19.1. The molecule has 4 aliphatic rings. The summed E-state index contributed by atoms with van der Waals surface area (Å²) < 4.78 is 0. The average molecular weight is 438 g/mol. The van der Waals surface area contributed by atoms with Gasteiger partial charge in [-0.3, -0.25) is 19.7 Å². The highest BCUT2D eigenvalue weighted by Gasteiger charge is 2.39. The van der Waals surface area contributed by atoms with Crippen molar-refractivity contribution >= 4 is 17.7 Å². The molecule has 0 aromatic heterocycles. The standard InChI is InChI=1S/C26H35N3O3/c1-2-21(17-8-9-17)27-22-6-4-3-5-18(22)13-16-7-10-20-19(14-16)15-29(26(20)32)23-11-12-24(30)28-25(23)31/h7,10,14,17-18,21-23,27H,2-6,8-9,11-13,15H2,1H3,(H,28,30,31)/t18-,21+,22+,23?/m1/s1. The molecule has 0 radical (unpaired) electrons. The van der Waals surface area contributed by atoms with Crippen LogP contribution in [0.3, 0.4) is 0 Å². The van der Waals surface area contributed by atoms with Crippen molar-refractivity contribution in [2.75, 3.05) is 0 Å². The fourth-order valence-corrected chi connectivity index (χ4v) is 6.09. The van der Waals surface area contributed by atoms with E-state index in [1.165, 1.54) is 50.5 Å². The molecular formula is C26H35N3O3. The molecular weight excluding hydrogens is 402 g/mol. The third kappa shape index (κ3) is 4.34. The number of rotatable bonds is 7. The average Bonchev–Trinajstić information content (AvgIpc) is 3.57. The Balaban J connectivity index is 1.27. The second kappa shape index (κ2) is 8.97. The fraction of sp³-hybridized carbons (Fsp3) is 0.654. The molecule has 6 heteroatoms. The highest BCUT2D eigenvalue weighted by atomic mass is 16.2. The van der Waals surface area contributed by atoms with Crippen LogP contribution in [0.1, 0.15) is 86.2 Å². The topological polar surface area (TPSA) is 78.5 Å². The molecule has 4 atom stereocenters. The van der Waals surface area contributed by atoms with Crippen molar-refractivity contribution < 1.29 is 14.4 Å². The SMILES string of the molecule is CC[C@H](N[C@H]1CCCC[C@@H]1Cc1ccc2c(c1)CN(C1CCC(=O)NC1=O)C2=O)C1CC1. The number of fused-ring (bicyclic) bond motifs is 1. The maximum Gasteiger partial charge on any atom is 0.255 e. The largest absolute Gasteiger partial charge is 0.322 e. The minimum atomic E-state index is -0.545. The van der Waals surface area contributed by atoms with Crippen molar-refractivity contribution in [1.29, 1.82) is 0 Å². The first-order valence-electron chi connectivity index (χ1n) is 12.6. The fourth-order valence-electron chi connectivity index (χ4n) is 6.09. The molecule has 32 heavy (non-hydrogen) atoms. The van der Waals surface area contributed by atoms with Gasteiger partial charge in [0, 0.05) is 30.6 Å². The van der Waals surface area contributed by atoms with Gasteiger partial charge in [0.2, 0.25) is 11.8 Å². The van der Waals surface area contributed by atoms with E-state index in [4.69, 9.17) is 0 Å². The molecule has 1 saturated heterocycles. The van der Waals surface area contributed by atoms with Crippen LogP contribution in [-0.2, 0) is 22.6 Å². The van der Waals surface area contributed by atoms with Crippen LogP contribution in [0.2, 0.25) is 0 Å². The van der Waals surface area contributed by atoms with Gasteiger partial charge in [-0.05, 0) is 74.0 Å². The Morgan fingerprint density at radius 1 is 1.09 bits per heavy atom. The smallest absolute Gasteiger partial charge is 0.255 e. The summed E-state index contributed by atoms with van der Waals surface area (Å²) in [5, 5.41) is 6.40. The molecule has 6 nitrogen and oxygen atoms in total. The normalized spacial score (nSPS) is 29.1. The Bertz CT molecular complexity index is 910. The number of amides is 3. The first kappa shape index (κ1) is 21.6. The Morgan fingerprint density at radius 2 is 1.91 bits per heavy atom.